The van der Waals surface area contributed by atoms with Crippen molar-refractivity contribution in [2.75, 3.05) is 13.7 Å². The number of para-hydroxylation sites is 1. The Balaban J connectivity index is 1.74. The SMILES string of the molecule is CC[C@H](C(=O)NC1CCCC1)N(Cc1ccc(OC)cc1)C(=O)COc1ccccc1. The number of methoxy groups -OCH3 is 1. The van der Waals surface area contributed by atoms with E-state index < -0.39 is 6.04 Å². The molecule has 1 aliphatic carbocycles. The lowest BCUT2D eigenvalue weighted by Crippen LogP contribution is -2.52. The van der Waals surface area contributed by atoms with E-state index in [1.807, 2.05) is 61.5 Å². The molecule has 1 N–H and O–H groups in total. The quantitative estimate of drug-likeness (QED) is 0.627. The molecule has 0 saturated heterocycles. The largest absolute Gasteiger partial charge is 0.497 e. The molecule has 6 nitrogen and oxygen atoms in total. The van der Waals surface area contributed by atoms with Crippen molar-refractivity contribution < 1.29 is 19.1 Å². The van der Waals surface area contributed by atoms with Crippen molar-refractivity contribution in [2.45, 2.75) is 57.7 Å². The van der Waals surface area contributed by atoms with Crippen LogP contribution >= 0.6 is 0 Å². The molecule has 1 aliphatic rings. The normalized spacial score (nSPS) is 14.6. The van der Waals surface area contributed by atoms with E-state index in [9.17, 15) is 9.59 Å². The van der Waals surface area contributed by atoms with Crippen LogP contribution in [0.1, 0.15) is 44.6 Å². The monoisotopic (exact) mass is 424 g/mol. The van der Waals surface area contributed by atoms with Gasteiger partial charge in [-0.15, -0.1) is 0 Å². The van der Waals surface area contributed by atoms with Crippen LogP contribution in [-0.4, -0.2) is 42.5 Å². The number of rotatable bonds is 10. The number of carbonyl (C=O) groups is 2. The summed E-state index contributed by atoms with van der Waals surface area (Å²) in [5.41, 5.74) is 0.931. The van der Waals surface area contributed by atoms with Gasteiger partial charge in [0.1, 0.15) is 17.5 Å². The molecule has 0 unspecified atom stereocenters. The first-order valence-electron chi connectivity index (χ1n) is 11.0. The van der Waals surface area contributed by atoms with Crippen molar-refractivity contribution in [1.29, 1.82) is 0 Å². The van der Waals surface area contributed by atoms with E-state index in [1.165, 1.54) is 0 Å². The van der Waals surface area contributed by atoms with Gasteiger partial charge in [0, 0.05) is 12.6 Å². The van der Waals surface area contributed by atoms with E-state index in [0.717, 1.165) is 37.0 Å². The van der Waals surface area contributed by atoms with Crippen molar-refractivity contribution in [2.24, 2.45) is 0 Å². The highest BCUT2D eigenvalue weighted by molar-refractivity contribution is 5.88. The maximum atomic E-state index is 13.2. The number of benzene rings is 2. The molecule has 31 heavy (non-hydrogen) atoms. The van der Waals surface area contributed by atoms with Crippen molar-refractivity contribution in [3.63, 3.8) is 0 Å². The topological polar surface area (TPSA) is 67.9 Å². The lowest BCUT2D eigenvalue weighted by molar-refractivity contribution is -0.143. The summed E-state index contributed by atoms with van der Waals surface area (Å²) in [7, 11) is 1.62. The van der Waals surface area contributed by atoms with E-state index in [0.29, 0.717) is 18.7 Å². The van der Waals surface area contributed by atoms with Gasteiger partial charge in [0.2, 0.25) is 5.91 Å². The van der Waals surface area contributed by atoms with E-state index in [2.05, 4.69) is 5.32 Å². The van der Waals surface area contributed by atoms with Gasteiger partial charge < -0.3 is 19.7 Å². The first-order chi connectivity index (χ1) is 15.1. The fraction of sp³-hybridized carbons (Fsp3) is 0.440. The molecular weight excluding hydrogens is 392 g/mol. The maximum Gasteiger partial charge on any atom is 0.261 e. The third-order valence-electron chi connectivity index (χ3n) is 5.70. The van der Waals surface area contributed by atoms with Crippen LogP contribution in [0.15, 0.2) is 54.6 Å². The highest BCUT2D eigenvalue weighted by Gasteiger charge is 2.30. The molecule has 2 aromatic rings. The van der Waals surface area contributed by atoms with Crippen LogP contribution in [0, 0.1) is 0 Å². The second kappa shape index (κ2) is 11.4. The fourth-order valence-corrected chi connectivity index (χ4v) is 3.96. The summed E-state index contributed by atoms with van der Waals surface area (Å²) in [6.07, 6.45) is 4.82. The first-order valence-corrected chi connectivity index (χ1v) is 11.0. The molecule has 0 radical (unpaired) electrons. The summed E-state index contributed by atoms with van der Waals surface area (Å²) in [6.45, 7) is 2.15. The predicted octanol–water partition coefficient (Wildman–Crippen LogP) is 3.94. The molecule has 1 saturated carbocycles. The van der Waals surface area contributed by atoms with E-state index >= 15 is 0 Å². The average Bonchev–Trinajstić information content (AvgIpc) is 3.31. The van der Waals surface area contributed by atoms with Crippen LogP contribution in [-0.2, 0) is 16.1 Å². The van der Waals surface area contributed by atoms with Gasteiger partial charge >= 0.3 is 0 Å². The molecule has 0 bridgehead atoms. The van der Waals surface area contributed by atoms with Crippen LogP contribution in [0.2, 0.25) is 0 Å². The number of ether oxygens (including phenoxy) is 2. The number of hydrogen-bond donors (Lipinski definition) is 1. The molecule has 1 atom stereocenters. The molecule has 2 amide bonds. The number of amides is 2. The minimum absolute atomic E-state index is 0.0871. The number of nitrogens with one attached hydrogen (secondary N) is 1. The molecule has 0 aliphatic heterocycles. The number of carbonyl (C=O) groups excluding carboxylic acids is 2. The smallest absolute Gasteiger partial charge is 0.261 e. The van der Waals surface area contributed by atoms with Crippen molar-refractivity contribution in [3.8, 4) is 11.5 Å². The lowest BCUT2D eigenvalue weighted by Gasteiger charge is -2.31. The Morgan fingerprint density at radius 3 is 2.32 bits per heavy atom. The highest BCUT2D eigenvalue weighted by Crippen LogP contribution is 2.20. The van der Waals surface area contributed by atoms with E-state index in [1.54, 1.807) is 12.0 Å². The molecular formula is C25H32N2O4. The van der Waals surface area contributed by atoms with Crippen LogP contribution in [0.3, 0.4) is 0 Å². The second-order valence-electron chi connectivity index (χ2n) is 7.89. The third-order valence-corrected chi connectivity index (χ3v) is 5.70. The van der Waals surface area contributed by atoms with Gasteiger partial charge in [0.25, 0.3) is 5.91 Å². The summed E-state index contributed by atoms with van der Waals surface area (Å²) in [5, 5.41) is 3.15. The number of nitrogens with zero attached hydrogens (tertiary/aromatic N) is 1. The van der Waals surface area contributed by atoms with Gasteiger partial charge in [-0.3, -0.25) is 9.59 Å². The van der Waals surface area contributed by atoms with E-state index in [-0.39, 0.29) is 24.5 Å². The van der Waals surface area contributed by atoms with Gasteiger partial charge in [-0.05, 0) is 49.1 Å². The molecule has 0 heterocycles. The Morgan fingerprint density at radius 1 is 1.03 bits per heavy atom. The molecule has 6 heteroatoms. The maximum absolute atomic E-state index is 13.2. The summed E-state index contributed by atoms with van der Waals surface area (Å²) >= 11 is 0. The van der Waals surface area contributed by atoms with Crippen LogP contribution in [0.4, 0.5) is 0 Å². The standard InChI is InChI=1S/C25H32N2O4/c1-3-23(25(29)26-20-9-7-8-10-20)27(17-19-13-15-21(30-2)16-14-19)24(28)18-31-22-11-5-4-6-12-22/h4-6,11-16,20,23H,3,7-10,17-18H2,1-2H3,(H,26,29)/t23-/m1/s1. The minimum Gasteiger partial charge on any atom is -0.497 e. The van der Waals surface area contributed by atoms with Gasteiger partial charge in [-0.2, -0.15) is 0 Å². The van der Waals surface area contributed by atoms with Crippen LogP contribution < -0.4 is 14.8 Å². The summed E-state index contributed by atoms with van der Waals surface area (Å²) in [5.74, 6) is 1.08. The van der Waals surface area contributed by atoms with Gasteiger partial charge in [-0.1, -0.05) is 50.1 Å². The fourth-order valence-electron chi connectivity index (χ4n) is 3.96. The van der Waals surface area contributed by atoms with Crippen LogP contribution in [0.5, 0.6) is 11.5 Å². The van der Waals surface area contributed by atoms with E-state index in [4.69, 9.17) is 9.47 Å². The zero-order valence-electron chi connectivity index (χ0n) is 18.4. The summed E-state index contributed by atoms with van der Waals surface area (Å²) < 4.78 is 10.9. The lowest BCUT2D eigenvalue weighted by atomic mass is 10.1. The third kappa shape index (κ3) is 6.48. The van der Waals surface area contributed by atoms with Gasteiger partial charge in [0.15, 0.2) is 6.61 Å². The van der Waals surface area contributed by atoms with Crippen molar-refractivity contribution in [1.82, 2.24) is 10.2 Å². The average molecular weight is 425 g/mol. The Labute approximate surface area is 184 Å². The predicted molar refractivity (Wildman–Crippen MR) is 120 cm³/mol. The van der Waals surface area contributed by atoms with Crippen molar-refractivity contribution in [3.05, 3.63) is 60.2 Å². The highest BCUT2D eigenvalue weighted by atomic mass is 16.5. The molecule has 166 valence electrons. The zero-order valence-corrected chi connectivity index (χ0v) is 18.4. The molecule has 0 spiro atoms. The summed E-state index contributed by atoms with van der Waals surface area (Å²) in [6, 6.07) is 16.4. The Morgan fingerprint density at radius 2 is 1.71 bits per heavy atom. The molecule has 2 aromatic carbocycles. The summed E-state index contributed by atoms with van der Waals surface area (Å²) in [4.78, 5) is 27.9. The Bertz CT molecular complexity index is 832. The zero-order chi connectivity index (χ0) is 22.1. The number of hydrogen-bond acceptors (Lipinski definition) is 4. The second-order valence-corrected chi connectivity index (χ2v) is 7.89. The van der Waals surface area contributed by atoms with Gasteiger partial charge in [0.05, 0.1) is 7.11 Å². The van der Waals surface area contributed by atoms with Gasteiger partial charge in [-0.25, -0.2) is 0 Å². The Kier molecular flexibility index (Phi) is 8.33. The Hall–Kier alpha value is -3.02. The van der Waals surface area contributed by atoms with Crippen LogP contribution in [0.25, 0.3) is 0 Å². The molecule has 1 fully saturated rings. The minimum atomic E-state index is -0.547. The first kappa shape index (κ1) is 22.7. The van der Waals surface area contributed by atoms with Crippen molar-refractivity contribution >= 4 is 11.8 Å². The molecule has 0 aromatic heterocycles. The molecule has 3 rings (SSSR count).